The summed E-state index contributed by atoms with van der Waals surface area (Å²) in [6.07, 6.45) is 1.45. The zero-order chi connectivity index (χ0) is 12.1. The number of aromatic nitrogens is 1. The molecule has 1 aromatic heterocycles. The molecule has 5 nitrogen and oxygen atoms in total. The minimum absolute atomic E-state index is 0.00820. The number of anilines is 1. The largest absolute Gasteiger partial charge is 0.477 e. The van der Waals surface area contributed by atoms with Crippen LogP contribution in [0.5, 0.6) is 0 Å². The van der Waals surface area contributed by atoms with Crippen molar-refractivity contribution in [1.82, 2.24) is 4.98 Å². The van der Waals surface area contributed by atoms with Crippen LogP contribution >= 0.6 is 0 Å². The SMILES string of the molecule is CC(CO)C(C)Nc1ccnc(C(=O)O)c1. The van der Waals surface area contributed by atoms with E-state index in [4.69, 9.17) is 10.2 Å². The molecule has 0 spiro atoms. The van der Waals surface area contributed by atoms with Crippen molar-refractivity contribution in [3.05, 3.63) is 24.0 Å². The molecule has 1 aromatic rings. The van der Waals surface area contributed by atoms with Crippen LogP contribution in [0.3, 0.4) is 0 Å². The lowest BCUT2D eigenvalue weighted by atomic mass is 10.1. The highest BCUT2D eigenvalue weighted by Crippen LogP contribution is 2.13. The zero-order valence-electron chi connectivity index (χ0n) is 9.34. The number of carbonyl (C=O) groups is 1. The molecular formula is C11H16N2O3. The van der Waals surface area contributed by atoms with Crippen LogP contribution in [0.15, 0.2) is 18.3 Å². The van der Waals surface area contributed by atoms with Crippen molar-refractivity contribution in [3.8, 4) is 0 Å². The van der Waals surface area contributed by atoms with Gasteiger partial charge >= 0.3 is 5.97 Å². The Hall–Kier alpha value is -1.62. The van der Waals surface area contributed by atoms with Gasteiger partial charge in [-0.25, -0.2) is 9.78 Å². The molecule has 5 heteroatoms. The molecule has 0 amide bonds. The van der Waals surface area contributed by atoms with E-state index in [-0.39, 0.29) is 24.3 Å². The fraction of sp³-hybridized carbons (Fsp3) is 0.455. The summed E-state index contributed by atoms with van der Waals surface area (Å²) in [5.41, 5.74) is 0.703. The second kappa shape index (κ2) is 5.46. The molecule has 2 unspecified atom stereocenters. The molecular weight excluding hydrogens is 208 g/mol. The van der Waals surface area contributed by atoms with Crippen molar-refractivity contribution >= 4 is 11.7 Å². The number of nitrogens with one attached hydrogen (secondary N) is 1. The van der Waals surface area contributed by atoms with Gasteiger partial charge in [0.25, 0.3) is 0 Å². The third-order valence-electron chi connectivity index (χ3n) is 2.51. The zero-order valence-corrected chi connectivity index (χ0v) is 9.34. The van der Waals surface area contributed by atoms with Crippen LogP contribution in [0.25, 0.3) is 0 Å². The van der Waals surface area contributed by atoms with Gasteiger partial charge in [-0.15, -0.1) is 0 Å². The van der Waals surface area contributed by atoms with Gasteiger partial charge in [0, 0.05) is 24.5 Å². The first-order chi connectivity index (χ1) is 7.54. The molecule has 3 N–H and O–H groups in total. The second-order valence-corrected chi connectivity index (χ2v) is 3.83. The standard InChI is InChI=1S/C11H16N2O3/c1-7(6-14)8(2)13-9-3-4-12-10(5-9)11(15)16/h3-5,7-8,14H,6H2,1-2H3,(H,12,13)(H,15,16). The van der Waals surface area contributed by atoms with E-state index in [1.165, 1.54) is 12.3 Å². The monoisotopic (exact) mass is 224 g/mol. The Labute approximate surface area is 94.1 Å². The van der Waals surface area contributed by atoms with E-state index >= 15 is 0 Å². The number of rotatable bonds is 5. The molecule has 0 saturated heterocycles. The van der Waals surface area contributed by atoms with E-state index in [9.17, 15) is 4.79 Å². The van der Waals surface area contributed by atoms with Crippen LogP contribution in [0.2, 0.25) is 0 Å². The summed E-state index contributed by atoms with van der Waals surface area (Å²) in [4.78, 5) is 14.4. The maximum Gasteiger partial charge on any atom is 0.354 e. The van der Waals surface area contributed by atoms with Crippen LogP contribution in [-0.2, 0) is 0 Å². The van der Waals surface area contributed by atoms with E-state index in [1.807, 2.05) is 13.8 Å². The fourth-order valence-corrected chi connectivity index (χ4v) is 1.20. The molecule has 0 aliphatic carbocycles. The quantitative estimate of drug-likeness (QED) is 0.700. The summed E-state index contributed by atoms with van der Waals surface area (Å²) < 4.78 is 0. The average Bonchev–Trinajstić information content (AvgIpc) is 2.28. The fourth-order valence-electron chi connectivity index (χ4n) is 1.20. The summed E-state index contributed by atoms with van der Waals surface area (Å²) in [5, 5.41) is 20.9. The van der Waals surface area contributed by atoms with Crippen molar-refractivity contribution in [2.45, 2.75) is 19.9 Å². The molecule has 1 heterocycles. The molecule has 88 valence electrons. The predicted octanol–water partition coefficient (Wildman–Crippen LogP) is 1.21. The number of carboxylic acids is 1. The number of hydrogen-bond acceptors (Lipinski definition) is 4. The van der Waals surface area contributed by atoms with Crippen LogP contribution in [0.4, 0.5) is 5.69 Å². The van der Waals surface area contributed by atoms with Crippen LogP contribution in [0.1, 0.15) is 24.3 Å². The summed E-state index contributed by atoms with van der Waals surface area (Å²) >= 11 is 0. The Morgan fingerprint density at radius 2 is 2.25 bits per heavy atom. The Balaban J connectivity index is 2.74. The summed E-state index contributed by atoms with van der Waals surface area (Å²) in [7, 11) is 0. The highest BCUT2D eigenvalue weighted by Gasteiger charge is 2.12. The molecule has 2 atom stereocenters. The minimum Gasteiger partial charge on any atom is -0.477 e. The van der Waals surface area contributed by atoms with Gasteiger partial charge in [0.1, 0.15) is 5.69 Å². The number of aromatic carboxylic acids is 1. The van der Waals surface area contributed by atoms with E-state index < -0.39 is 5.97 Å². The van der Waals surface area contributed by atoms with Crippen molar-refractivity contribution < 1.29 is 15.0 Å². The van der Waals surface area contributed by atoms with Crippen LogP contribution in [-0.4, -0.2) is 33.8 Å². The maximum absolute atomic E-state index is 10.7. The third-order valence-corrected chi connectivity index (χ3v) is 2.51. The topological polar surface area (TPSA) is 82.5 Å². The average molecular weight is 224 g/mol. The molecule has 0 aliphatic heterocycles. The van der Waals surface area contributed by atoms with E-state index in [0.717, 1.165) is 0 Å². The van der Waals surface area contributed by atoms with Gasteiger partial charge in [-0.3, -0.25) is 0 Å². The molecule has 0 aliphatic rings. The van der Waals surface area contributed by atoms with E-state index in [2.05, 4.69) is 10.3 Å². The van der Waals surface area contributed by atoms with Crippen molar-refractivity contribution in [3.63, 3.8) is 0 Å². The first-order valence-electron chi connectivity index (χ1n) is 5.11. The molecule has 1 rings (SSSR count). The van der Waals surface area contributed by atoms with Gasteiger partial charge in [-0.2, -0.15) is 0 Å². The van der Waals surface area contributed by atoms with Gasteiger partial charge in [-0.1, -0.05) is 6.92 Å². The number of aliphatic hydroxyl groups is 1. The summed E-state index contributed by atoms with van der Waals surface area (Å²) in [5.74, 6) is -0.951. The minimum atomic E-state index is -1.05. The maximum atomic E-state index is 10.7. The Morgan fingerprint density at radius 3 is 2.81 bits per heavy atom. The van der Waals surface area contributed by atoms with Crippen molar-refractivity contribution in [1.29, 1.82) is 0 Å². The Bertz CT molecular complexity index is 368. The van der Waals surface area contributed by atoms with Gasteiger partial charge < -0.3 is 15.5 Å². The molecule has 16 heavy (non-hydrogen) atoms. The lowest BCUT2D eigenvalue weighted by Gasteiger charge is -2.20. The molecule has 0 fully saturated rings. The molecule has 0 radical (unpaired) electrons. The normalized spacial score (nSPS) is 14.2. The first kappa shape index (κ1) is 12.4. The first-order valence-corrected chi connectivity index (χ1v) is 5.11. The molecule has 0 saturated carbocycles. The number of pyridine rings is 1. The van der Waals surface area contributed by atoms with Gasteiger partial charge in [0.05, 0.1) is 0 Å². The smallest absolute Gasteiger partial charge is 0.354 e. The molecule has 0 bridgehead atoms. The van der Waals surface area contributed by atoms with E-state index in [0.29, 0.717) is 5.69 Å². The van der Waals surface area contributed by atoms with Gasteiger partial charge in [0.2, 0.25) is 0 Å². The summed E-state index contributed by atoms with van der Waals surface area (Å²) in [6.45, 7) is 3.93. The number of nitrogens with zero attached hydrogens (tertiary/aromatic N) is 1. The highest BCUT2D eigenvalue weighted by atomic mass is 16.4. The third kappa shape index (κ3) is 3.20. The Kier molecular flexibility index (Phi) is 4.25. The predicted molar refractivity (Wildman–Crippen MR) is 60.5 cm³/mol. The van der Waals surface area contributed by atoms with Crippen LogP contribution < -0.4 is 5.32 Å². The highest BCUT2D eigenvalue weighted by molar-refractivity contribution is 5.86. The Morgan fingerprint density at radius 1 is 1.56 bits per heavy atom. The van der Waals surface area contributed by atoms with E-state index in [1.54, 1.807) is 6.07 Å². The van der Waals surface area contributed by atoms with Gasteiger partial charge in [0.15, 0.2) is 0 Å². The lowest BCUT2D eigenvalue weighted by molar-refractivity contribution is 0.0690. The summed E-state index contributed by atoms with van der Waals surface area (Å²) in [6, 6.07) is 3.24. The van der Waals surface area contributed by atoms with Gasteiger partial charge in [-0.05, 0) is 25.0 Å². The second-order valence-electron chi connectivity index (χ2n) is 3.83. The lowest BCUT2D eigenvalue weighted by Crippen LogP contribution is -2.26. The van der Waals surface area contributed by atoms with Crippen molar-refractivity contribution in [2.75, 3.05) is 11.9 Å². The number of hydrogen-bond donors (Lipinski definition) is 3. The number of aliphatic hydroxyl groups excluding tert-OH is 1. The van der Waals surface area contributed by atoms with Crippen molar-refractivity contribution in [2.24, 2.45) is 5.92 Å². The number of carboxylic acid groups (broad SMARTS) is 1. The van der Waals surface area contributed by atoms with Crippen LogP contribution in [0, 0.1) is 5.92 Å². The molecule has 0 aromatic carbocycles.